The topological polar surface area (TPSA) is 6.48 Å². The molecule has 22 heavy (non-hydrogen) atoms. The third kappa shape index (κ3) is 2.13. The molecule has 1 atom stereocenters. The molecule has 2 aliphatic heterocycles. The fourth-order valence-electron chi connectivity index (χ4n) is 3.03. The van der Waals surface area contributed by atoms with E-state index in [2.05, 4.69) is 90.8 Å². The van der Waals surface area contributed by atoms with Crippen LogP contribution in [0.25, 0.3) is 5.57 Å². The van der Waals surface area contributed by atoms with Crippen LogP contribution in [0.15, 0.2) is 71.8 Å². The van der Waals surface area contributed by atoms with Gasteiger partial charge in [0.25, 0.3) is 0 Å². The van der Waals surface area contributed by atoms with E-state index in [1.165, 1.54) is 27.4 Å². The predicted octanol–water partition coefficient (Wildman–Crippen LogP) is 4.60. The molecule has 3 heteroatoms. The average molecular weight is 306 g/mol. The molecule has 4 rings (SSSR count). The summed E-state index contributed by atoms with van der Waals surface area (Å²) in [7, 11) is 4.27. The maximum Gasteiger partial charge on any atom is 0.0988 e. The molecule has 0 aromatic heterocycles. The molecule has 0 spiro atoms. The summed E-state index contributed by atoms with van der Waals surface area (Å²) in [6.07, 6.45) is 6.72. The number of hydrogen-bond donors (Lipinski definition) is 0. The molecule has 0 aliphatic carbocycles. The summed E-state index contributed by atoms with van der Waals surface area (Å²) in [6.45, 7) is 0. The molecule has 2 aromatic carbocycles. The van der Waals surface area contributed by atoms with Crippen LogP contribution >= 0.6 is 11.8 Å². The molecule has 2 aromatic rings. The van der Waals surface area contributed by atoms with Gasteiger partial charge in [0.1, 0.15) is 0 Å². The van der Waals surface area contributed by atoms with E-state index in [9.17, 15) is 0 Å². The van der Waals surface area contributed by atoms with Gasteiger partial charge in [0.05, 0.1) is 11.1 Å². The molecule has 0 unspecified atom stereocenters. The smallest absolute Gasteiger partial charge is 0.0988 e. The second-order valence-corrected chi connectivity index (χ2v) is 6.81. The third-order valence-corrected chi connectivity index (χ3v) is 5.56. The number of para-hydroxylation sites is 2. The summed E-state index contributed by atoms with van der Waals surface area (Å²) in [4.78, 5) is 5.88. The van der Waals surface area contributed by atoms with Crippen LogP contribution in [-0.4, -0.2) is 19.5 Å². The number of anilines is 2. The lowest BCUT2D eigenvalue weighted by atomic mass is 10.00. The normalized spacial score (nSPS) is 21.2. The van der Waals surface area contributed by atoms with Gasteiger partial charge in [-0.25, -0.2) is 0 Å². The van der Waals surface area contributed by atoms with Gasteiger partial charge in [-0.3, -0.25) is 0 Å². The minimum Gasteiger partial charge on any atom is -0.358 e. The Bertz CT molecular complexity index is 779. The molecular weight excluding hydrogens is 288 g/mol. The van der Waals surface area contributed by atoms with Crippen LogP contribution in [0, 0.1) is 0 Å². The molecule has 2 nitrogen and oxygen atoms in total. The Kier molecular flexibility index (Phi) is 3.23. The maximum absolute atomic E-state index is 2.37. The first-order valence-corrected chi connectivity index (χ1v) is 8.33. The van der Waals surface area contributed by atoms with Crippen molar-refractivity contribution in [1.29, 1.82) is 0 Å². The van der Waals surface area contributed by atoms with E-state index in [-0.39, 0.29) is 0 Å². The molecule has 2 heterocycles. The lowest BCUT2D eigenvalue weighted by Gasteiger charge is -2.25. The quantitative estimate of drug-likeness (QED) is 0.760. The van der Waals surface area contributed by atoms with Crippen molar-refractivity contribution >= 4 is 28.7 Å². The zero-order valence-electron chi connectivity index (χ0n) is 12.7. The van der Waals surface area contributed by atoms with Crippen LogP contribution in [-0.2, 0) is 0 Å². The Balaban J connectivity index is 1.72. The number of nitrogens with zero attached hydrogens (tertiary/aromatic N) is 2. The summed E-state index contributed by atoms with van der Waals surface area (Å²) in [5.41, 5.74) is 5.18. The summed E-state index contributed by atoms with van der Waals surface area (Å²) >= 11 is 1.92. The molecule has 0 saturated heterocycles. The first-order valence-electron chi connectivity index (χ1n) is 7.45. The molecule has 0 saturated carbocycles. The monoisotopic (exact) mass is 306 g/mol. The molecule has 0 bridgehead atoms. The lowest BCUT2D eigenvalue weighted by molar-refractivity contribution is 0.991. The molecule has 0 radical (unpaired) electrons. The van der Waals surface area contributed by atoms with Gasteiger partial charge in [-0.15, -0.1) is 0 Å². The average Bonchev–Trinajstić information content (AvgIpc) is 2.87. The van der Waals surface area contributed by atoms with Gasteiger partial charge in [0.2, 0.25) is 0 Å². The van der Waals surface area contributed by atoms with Crippen molar-refractivity contribution in [3.05, 3.63) is 72.4 Å². The van der Waals surface area contributed by atoms with E-state index in [0.29, 0.717) is 5.37 Å². The Hall–Kier alpha value is -2.13. The minimum absolute atomic E-state index is 0.341. The number of thioether (sulfide) groups is 1. The van der Waals surface area contributed by atoms with Crippen LogP contribution < -0.4 is 9.80 Å². The highest BCUT2D eigenvalue weighted by Gasteiger charge is 2.26. The number of rotatable bonds is 1. The van der Waals surface area contributed by atoms with E-state index < -0.39 is 0 Å². The fraction of sp³-hybridized carbons (Fsp3) is 0.158. The number of allylic oxidation sites excluding steroid dienone is 2. The van der Waals surface area contributed by atoms with Crippen LogP contribution in [0.2, 0.25) is 0 Å². The Morgan fingerprint density at radius 3 is 2.50 bits per heavy atom. The summed E-state index contributed by atoms with van der Waals surface area (Å²) in [5.74, 6) is 0. The van der Waals surface area contributed by atoms with Gasteiger partial charge < -0.3 is 9.80 Å². The number of benzene rings is 2. The maximum atomic E-state index is 2.37. The van der Waals surface area contributed by atoms with Crippen molar-refractivity contribution in [3.8, 4) is 0 Å². The first kappa shape index (κ1) is 13.5. The SMILES string of the molecule is CN1C=CC(=C[C@H]2Sc3ccccc3N2C)c2ccccc21. The summed E-state index contributed by atoms with van der Waals surface area (Å²) in [6, 6.07) is 17.2. The second kappa shape index (κ2) is 5.25. The van der Waals surface area contributed by atoms with Crippen LogP contribution in [0.3, 0.4) is 0 Å². The number of hydrogen-bond acceptors (Lipinski definition) is 3. The van der Waals surface area contributed by atoms with E-state index in [4.69, 9.17) is 0 Å². The first-order chi connectivity index (χ1) is 10.7. The molecule has 0 fully saturated rings. The van der Waals surface area contributed by atoms with Gasteiger partial charge in [-0.1, -0.05) is 42.1 Å². The van der Waals surface area contributed by atoms with Gasteiger partial charge in [-0.05, 0) is 35.9 Å². The van der Waals surface area contributed by atoms with Gasteiger partial charge in [0, 0.05) is 36.4 Å². The van der Waals surface area contributed by atoms with E-state index in [1.54, 1.807) is 0 Å². The van der Waals surface area contributed by atoms with Crippen LogP contribution in [0.1, 0.15) is 5.56 Å². The summed E-state index contributed by atoms with van der Waals surface area (Å²) in [5, 5.41) is 0.341. The summed E-state index contributed by atoms with van der Waals surface area (Å²) < 4.78 is 0. The van der Waals surface area contributed by atoms with Crippen molar-refractivity contribution in [2.45, 2.75) is 10.3 Å². The minimum atomic E-state index is 0.341. The van der Waals surface area contributed by atoms with Gasteiger partial charge >= 0.3 is 0 Å². The van der Waals surface area contributed by atoms with Crippen LogP contribution in [0.5, 0.6) is 0 Å². The molecule has 110 valence electrons. The van der Waals surface area contributed by atoms with Gasteiger partial charge in [0.15, 0.2) is 0 Å². The highest BCUT2D eigenvalue weighted by atomic mass is 32.2. The second-order valence-electron chi connectivity index (χ2n) is 5.65. The van der Waals surface area contributed by atoms with Crippen molar-refractivity contribution < 1.29 is 0 Å². The number of likely N-dealkylation sites (N-methyl/N-ethyl adjacent to an activating group) is 1. The molecule has 0 amide bonds. The van der Waals surface area contributed by atoms with Gasteiger partial charge in [-0.2, -0.15) is 0 Å². The standard InChI is InChI=1S/C19H18N2S/c1-20-12-11-14(15-7-3-4-8-16(15)20)13-19-21(2)17-9-5-6-10-18(17)22-19/h3-13,19H,1-2H3/t19-/m1/s1. The Morgan fingerprint density at radius 1 is 0.955 bits per heavy atom. The highest BCUT2D eigenvalue weighted by molar-refractivity contribution is 8.00. The zero-order valence-corrected chi connectivity index (χ0v) is 13.5. The van der Waals surface area contributed by atoms with Crippen molar-refractivity contribution in [2.75, 3.05) is 23.9 Å². The number of fused-ring (bicyclic) bond motifs is 2. The fourth-order valence-corrected chi connectivity index (χ4v) is 4.26. The van der Waals surface area contributed by atoms with E-state index in [1.807, 2.05) is 11.8 Å². The van der Waals surface area contributed by atoms with E-state index in [0.717, 1.165) is 0 Å². The van der Waals surface area contributed by atoms with E-state index >= 15 is 0 Å². The lowest BCUT2D eigenvalue weighted by Crippen LogP contribution is -2.23. The Morgan fingerprint density at radius 2 is 1.68 bits per heavy atom. The van der Waals surface area contributed by atoms with Crippen molar-refractivity contribution in [3.63, 3.8) is 0 Å². The van der Waals surface area contributed by atoms with Crippen molar-refractivity contribution in [2.24, 2.45) is 0 Å². The van der Waals surface area contributed by atoms with Crippen molar-refractivity contribution in [1.82, 2.24) is 0 Å². The molecule has 2 aliphatic rings. The third-order valence-electron chi connectivity index (χ3n) is 4.27. The zero-order chi connectivity index (χ0) is 15.1. The molecular formula is C19H18N2S. The Labute approximate surface area is 135 Å². The largest absolute Gasteiger partial charge is 0.358 e. The van der Waals surface area contributed by atoms with Crippen LogP contribution in [0.4, 0.5) is 11.4 Å². The molecule has 0 N–H and O–H groups in total. The highest BCUT2D eigenvalue weighted by Crippen LogP contribution is 2.44. The predicted molar refractivity (Wildman–Crippen MR) is 96.5 cm³/mol.